The lowest BCUT2D eigenvalue weighted by Gasteiger charge is -2.33. The molecule has 5 unspecified atom stereocenters. The SMILES string of the molecule is C=C(C(C)C1Cc2ccccc2C1)C1CC2C(C1C(=C)C)C2(C)C.C=CCC.CC. The summed E-state index contributed by atoms with van der Waals surface area (Å²) < 4.78 is 0. The molecule has 3 aliphatic rings. The van der Waals surface area contributed by atoms with Crippen molar-refractivity contribution in [3.05, 3.63) is 72.4 Å². The van der Waals surface area contributed by atoms with E-state index < -0.39 is 0 Å². The zero-order valence-electron chi connectivity index (χ0n) is 20.8. The maximum absolute atomic E-state index is 4.64. The summed E-state index contributed by atoms with van der Waals surface area (Å²) in [7, 11) is 0. The van der Waals surface area contributed by atoms with Gasteiger partial charge in [0, 0.05) is 0 Å². The maximum Gasteiger partial charge on any atom is -0.0107 e. The molecule has 2 saturated carbocycles. The minimum atomic E-state index is 0.535. The van der Waals surface area contributed by atoms with Crippen LogP contribution in [0.5, 0.6) is 0 Å². The van der Waals surface area contributed by atoms with Crippen LogP contribution in [0.2, 0.25) is 0 Å². The number of allylic oxidation sites excluding steroid dienone is 3. The molecule has 0 aliphatic heterocycles. The van der Waals surface area contributed by atoms with Crippen LogP contribution in [0, 0.1) is 40.9 Å². The Morgan fingerprint density at radius 1 is 1.13 bits per heavy atom. The fraction of sp³-hybridized carbons (Fsp3) is 0.600. The minimum Gasteiger partial charge on any atom is -0.103 e. The zero-order valence-corrected chi connectivity index (χ0v) is 20.8. The van der Waals surface area contributed by atoms with Gasteiger partial charge in [0.2, 0.25) is 0 Å². The monoisotopic (exact) mass is 406 g/mol. The van der Waals surface area contributed by atoms with Gasteiger partial charge in [-0.15, -0.1) is 6.58 Å². The molecule has 166 valence electrons. The van der Waals surface area contributed by atoms with Gasteiger partial charge in [-0.2, -0.15) is 0 Å². The molecule has 30 heavy (non-hydrogen) atoms. The van der Waals surface area contributed by atoms with Crippen molar-refractivity contribution in [3.8, 4) is 0 Å². The summed E-state index contributed by atoms with van der Waals surface area (Å²) in [5, 5.41) is 0. The topological polar surface area (TPSA) is 0 Å². The lowest BCUT2D eigenvalue weighted by Crippen LogP contribution is -2.25. The van der Waals surface area contributed by atoms with Crippen molar-refractivity contribution < 1.29 is 0 Å². The number of hydrogen-bond donors (Lipinski definition) is 0. The van der Waals surface area contributed by atoms with Crippen molar-refractivity contribution in [2.24, 2.45) is 40.9 Å². The summed E-state index contributed by atoms with van der Waals surface area (Å²) in [6.45, 7) is 28.1. The van der Waals surface area contributed by atoms with E-state index in [1.807, 2.05) is 19.9 Å². The molecule has 0 nitrogen and oxygen atoms in total. The van der Waals surface area contributed by atoms with E-state index in [1.54, 1.807) is 11.1 Å². The molecule has 3 aliphatic carbocycles. The summed E-state index contributed by atoms with van der Waals surface area (Å²) in [5.74, 6) is 4.45. The lowest BCUT2D eigenvalue weighted by molar-refractivity contribution is 0.297. The number of fused-ring (bicyclic) bond motifs is 2. The predicted octanol–water partition coefficient (Wildman–Crippen LogP) is 8.69. The molecule has 0 saturated heterocycles. The van der Waals surface area contributed by atoms with Crippen LogP contribution in [0.3, 0.4) is 0 Å². The Bertz CT molecular complexity index is 724. The van der Waals surface area contributed by atoms with Crippen molar-refractivity contribution in [2.45, 2.75) is 74.1 Å². The van der Waals surface area contributed by atoms with Gasteiger partial charge in [-0.05, 0) is 84.7 Å². The summed E-state index contributed by atoms with van der Waals surface area (Å²) in [6.07, 6.45) is 6.77. The first kappa shape index (κ1) is 24.7. The summed E-state index contributed by atoms with van der Waals surface area (Å²) in [6, 6.07) is 9.00. The molecule has 1 aromatic rings. The fourth-order valence-electron chi connectivity index (χ4n) is 6.24. The van der Waals surface area contributed by atoms with Crippen molar-refractivity contribution in [3.63, 3.8) is 0 Å². The van der Waals surface area contributed by atoms with Crippen molar-refractivity contribution in [1.82, 2.24) is 0 Å². The van der Waals surface area contributed by atoms with Gasteiger partial charge in [-0.1, -0.05) is 96.2 Å². The van der Waals surface area contributed by atoms with Crippen LogP contribution in [0.25, 0.3) is 0 Å². The molecule has 0 aromatic heterocycles. The average molecular weight is 407 g/mol. The van der Waals surface area contributed by atoms with E-state index in [0.717, 1.165) is 24.2 Å². The molecule has 0 N–H and O–H groups in total. The van der Waals surface area contributed by atoms with Gasteiger partial charge in [0.05, 0.1) is 0 Å². The lowest BCUT2D eigenvalue weighted by atomic mass is 9.71. The summed E-state index contributed by atoms with van der Waals surface area (Å²) in [5.41, 5.74) is 6.57. The van der Waals surface area contributed by atoms with Crippen LogP contribution < -0.4 is 0 Å². The van der Waals surface area contributed by atoms with Gasteiger partial charge in [-0.25, -0.2) is 0 Å². The fourth-order valence-corrected chi connectivity index (χ4v) is 6.24. The van der Waals surface area contributed by atoms with Crippen LogP contribution in [0.1, 0.15) is 72.4 Å². The summed E-state index contributed by atoms with van der Waals surface area (Å²) in [4.78, 5) is 0. The number of benzene rings is 1. The van der Waals surface area contributed by atoms with Gasteiger partial charge in [-0.3, -0.25) is 0 Å². The highest BCUT2D eigenvalue weighted by Crippen LogP contribution is 2.73. The third-order valence-electron chi connectivity index (χ3n) is 8.18. The molecule has 5 atom stereocenters. The Kier molecular flexibility index (Phi) is 8.37. The number of rotatable bonds is 5. The van der Waals surface area contributed by atoms with Crippen LogP contribution >= 0.6 is 0 Å². The first-order chi connectivity index (χ1) is 14.2. The van der Waals surface area contributed by atoms with E-state index in [0.29, 0.717) is 23.2 Å². The van der Waals surface area contributed by atoms with E-state index in [1.165, 1.54) is 30.4 Å². The predicted molar refractivity (Wildman–Crippen MR) is 135 cm³/mol. The molecule has 0 spiro atoms. The second kappa shape index (κ2) is 10.2. The first-order valence-corrected chi connectivity index (χ1v) is 12.3. The van der Waals surface area contributed by atoms with Crippen molar-refractivity contribution in [2.75, 3.05) is 0 Å². The normalized spacial score (nSPS) is 28.6. The second-order valence-electron chi connectivity index (χ2n) is 10.2. The Labute approximate surface area is 187 Å². The molecule has 0 heterocycles. The van der Waals surface area contributed by atoms with E-state index in [9.17, 15) is 0 Å². The van der Waals surface area contributed by atoms with Gasteiger partial charge in [0.15, 0.2) is 0 Å². The molecule has 0 heteroatoms. The maximum atomic E-state index is 4.64. The Morgan fingerprint density at radius 3 is 2.07 bits per heavy atom. The quantitative estimate of drug-likeness (QED) is 0.429. The van der Waals surface area contributed by atoms with Crippen LogP contribution in [-0.4, -0.2) is 0 Å². The van der Waals surface area contributed by atoms with Crippen molar-refractivity contribution in [1.29, 1.82) is 0 Å². The van der Waals surface area contributed by atoms with Crippen LogP contribution in [0.4, 0.5) is 0 Å². The minimum absolute atomic E-state index is 0.535. The van der Waals surface area contributed by atoms with Gasteiger partial charge in [0.1, 0.15) is 0 Å². The molecule has 1 aromatic carbocycles. The van der Waals surface area contributed by atoms with Crippen LogP contribution in [-0.2, 0) is 12.8 Å². The molecular weight excluding hydrogens is 360 g/mol. The van der Waals surface area contributed by atoms with E-state index in [-0.39, 0.29) is 0 Å². The standard InChI is InChI=1S/C24H32.C4H8.C2H6/c1-14(2)22-20(13-21-23(22)24(21,5)6)16(4)15(3)19-11-17-9-7-8-10-18(17)12-19;1-3-4-2;1-2/h7-10,15,19-23H,1,4,11-13H2,2-3,5-6H3;3H,1,4H2,2H3;1-2H3. The van der Waals surface area contributed by atoms with Gasteiger partial charge in [0.25, 0.3) is 0 Å². The summed E-state index contributed by atoms with van der Waals surface area (Å²) >= 11 is 0. The third-order valence-corrected chi connectivity index (χ3v) is 8.18. The molecule has 0 amide bonds. The highest BCUT2D eigenvalue weighted by molar-refractivity contribution is 5.34. The Morgan fingerprint density at radius 2 is 1.63 bits per heavy atom. The largest absolute Gasteiger partial charge is 0.103 e. The number of hydrogen-bond acceptors (Lipinski definition) is 0. The molecule has 0 radical (unpaired) electrons. The average Bonchev–Trinajstić information content (AvgIpc) is 3.14. The van der Waals surface area contributed by atoms with E-state index >= 15 is 0 Å². The highest BCUT2D eigenvalue weighted by atomic mass is 14.7. The Hall–Kier alpha value is -1.56. The van der Waals surface area contributed by atoms with E-state index in [2.05, 4.69) is 78.6 Å². The van der Waals surface area contributed by atoms with Gasteiger partial charge < -0.3 is 0 Å². The smallest absolute Gasteiger partial charge is 0.0107 e. The molecule has 4 rings (SSSR count). The molecule has 0 bridgehead atoms. The molecular formula is C30H46. The van der Waals surface area contributed by atoms with E-state index in [4.69, 9.17) is 0 Å². The Balaban J connectivity index is 0.000000481. The van der Waals surface area contributed by atoms with Crippen LogP contribution in [0.15, 0.2) is 61.2 Å². The van der Waals surface area contributed by atoms with Crippen molar-refractivity contribution >= 4 is 0 Å². The second-order valence-corrected chi connectivity index (χ2v) is 10.2. The van der Waals surface area contributed by atoms with Gasteiger partial charge >= 0.3 is 0 Å². The highest BCUT2D eigenvalue weighted by Gasteiger charge is 2.67. The zero-order chi connectivity index (χ0) is 22.6. The molecule has 2 fully saturated rings. The third kappa shape index (κ3) is 4.68. The first-order valence-electron chi connectivity index (χ1n) is 12.3.